The molecule has 208 valence electrons. The lowest BCUT2D eigenvalue weighted by atomic mass is 9.96. The van der Waals surface area contributed by atoms with Gasteiger partial charge in [-0.25, -0.2) is 0 Å². The van der Waals surface area contributed by atoms with Gasteiger partial charge in [0.15, 0.2) is 11.5 Å². The van der Waals surface area contributed by atoms with Crippen molar-refractivity contribution in [1.29, 1.82) is 0 Å². The van der Waals surface area contributed by atoms with Crippen LogP contribution in [0, 0.1) is 0 Å². The second-order valence-electron chi connectivity index (χ2n) is 10.1. The van der Waals surface area contributed by atoms with Gasteiger partial charge >= 0.3 is 0 Å². The van der Waals surface area contributed by atoms with E-state index in [4.69, 9.17) is 18.9 Å². The van der Waals surface area contributed by atoms with Crippen molar-refractivity contribution in [2.45, 2.75) is 37.5 Å². The van der Waals surface area contributed by atoms with Crippen molar-refractivity contribution >= 4 is 17.7 Å². The van der Waals surface area contributed by atoms with Gasteiger partial charge in [-0.3, -0.25) is 19.3 Å². The molecule has 3 aliphatic heterocycles. The molecule has 0 radical (unpaired) electrons. The Kier molecular flexibility index (Phi) is 7.65. The quantitative estimate of drug-likeness (QED) is 0.559. The second kappa shape index (κ2) is 11.1. The van der Waals surface area contributed by atoms with Crippen molar-refractivity contribution in [3.63, 3.8) is 0 Å². The van der Waals surface area contributed by atoms with Crippen LogP contribution in [0.5, 0.6) is 17.2 Å². The molecular formula is C29H35N3O7. The van der Waals surface area contributed by atoms with Crippen LogP contribution >= 0.6 is 0 Å². The molecule has 1 atom stereocenters. The molecule has 0 saturated carbocycles. The first-order valence-electron chi connectivity index (χ1n) is 13.3. The van der Waals surface area contributed by atoms with Gasteiger partial charge in [0.1, 0.15) is 17.5 Å². The number of ether oxygens (including phenoxy) is 4. The molecule has 10 nitrogen and oxygen atoms in total. The van der Waals surface area contributed by atoms with Crippen LogP contribution in [0.25, 0.3) is 0 Å². The third kappa shape index (κ3) is 5.01. The van der Waals surface area contributed by atoms with Crippen LogP contribution in [0.1, 0.15) is 46.4 Å². The molecule has 2 aromatic carbocycles. The van der Waals surface area contributed by atoms with Crippen LogP contribution in [0.4, 0.5) is 0 Å². The first kappa shape index (κ1) is 26.8. The number of amides is 3. The van der Waals surface area contributed by atoms with Crippen LogP contribution in [0.2, 0.25) is 0 Å². The molecule has 0 N–H and O–H groups in total. The number of carbonyl (C=O) groups excluding carboxylic acids is 3. The van der Waals surface area contributed by atoms with Crippen molar-refractivity contribution in [2.75, 3.05) is 54.1 Å². The number of methoxy groups -OCH3 is 3. The van der Waals surface area contributed by atoms with Gasteiger partial charge in [-0.05, 0) is 55.3 Å². The van der Waals surface area contributed by atoms with E-state index in [2.05, 4.69) is 0 Å². The molecule has 3 heterocycles. The SMILES string of the molecule is COc1ccc(C(=O)N2[C@@H](C(=O)N3CCCC3)COC23CCN(C(=O)c2ccc(OC)c(OC)c2)CC3)cc1. The molecule has 2 aromatic rings. The predicted molar refractivity (Wildman–Crippen MR) is 142 cm³/mol. The Balaban J connectivity index is 1.38. The van der Waals surface area contributed by atoms with Gasteiger partial charge in [0.05, 0.1) is 27.9 Å². The molecule has 0 aliphatic carbocycles. The summed E-state index contributed by atoms with van der Waals surface area (Å²) in [6.45, 7) is 2.29. The molecule has 3 saturated heterocycles. The molecule has 1 spiro atoms. The molecule has 0 bridgehead atoms. The maximum Gasteiger partial charge on any atom is 0.256 e. The summed E-state index contributed by atoms with van der Waals surface area (Å²) >= 11 is 0. The monoisotopic (exact) mass is 537 g/mol. The second-order valence-corrected chi connectivity index (χ2v) is 10.1. The first-order chi connectivity index (χ1) is 18.9. The maximum atomic E-state index is 13.9. The Hall–Kier alpha value is -3.79. The van der Waals surface area contributed by atoms with Crippen molar-refractivity contribution < 1.29 is 33.3 Å². The number of likely N-dealkylation sites (tertiary alicyclic amines) is 2. The van der Waals surface area contributed by atoms with Crippen LogP contribution in [-0.4, -0.2) is 98.3 Å². The highest BCUT2D eigenvalue weighted by molar-refractivity contribution is 5.99. The number of piperidine rings is 1. The highest BCUT2D eigenvalue weighted by Gasteiger charge is 2.55. The molecule has 0 aromatic heterocycles. The summed E-state index contributed by atoms with van der Waals surface area (Å²) in [6, 6.07) is 11.3. The van der Waals surface area contributed by atoms with E-state index in [9.17, 15) is 14.4 Å². The fourth-order valence-corrected chi connectivity index (χ4v) is 5.79. The first-order valence-corrected chi connectivity index (χ1v) is 13.3. The lowest BCUT2D eigenvalue weighted by Crippen LogP contribution is -2.60. The highest BCUT2D eigenvalue weighted by Crippen LogP contribution is 2.40. The number of carbonyl (C=O) groups is 3. The van der Waals surface area contributed by atoms with E-state index >= 15 is 0 Å². The Morgan fingerprint density at radius 1 is 0.769 bits per heavy atom. The summed E-state index contributed by atoms with van der Waals surface area (Å²) in [4.78, 5) is 46.1. The minimum Gasteiger partial charge on any atom is -0.497 e. The van der Waals surface area contributed by atoms with E-state index < -0.39 is 11.8 Å². The zero-order valence-electron chi connectivity index (χ0n) is 22.7. The van der Waals surface area contributed by atoms with E-state index in [0.717, 1.165) is 12.8 Å². The minimum atomic E-state index is -0.967. The fraction of sp³-hybridized carbons (Fsp3) is 0.483. The van der Waals surface area contributed by atoms with E-state index in [1.807, 2.05) is 4.90 Å². The minimum absolute atomic E-state index is 0.0740. The third-order valence-electron chi connectivity index (χ3n) is 7.98. The van der Waals surface area contributed by atoms with Crippen LogP contribution in [-0.2, 0) is 9.53 Å². The van der Waals surface area contributed by atoms with Crippen molar-refractivity contribution in [1.82, 2.24) is 14.7 Å². The summed E-state index contributed by atoms with van der Waals surface area (Å²) in [5.41, 5.74) is -0.0150. The molecule has 0 unspecified atom stereocenters. The summed E-state index contributed by atoms with van der Waals surface area (Å²) in [5.74, 6) is 1.21. The summed E-state index contributed by atoms with van der Waals surface area (Å²) < 4.78 is 22.2. The topological polar surface area (TPSA) is 97.9 Å². The van der Waals surface area contributed by atoms with Gasteiger partial charge in [0.2, 0.25) is 5.91 Å². The van der Waals surface area contributed by atoms with Gasteiger partial charge in [-0.1, -0.05) is 0 Å². The van der Waals surface area contributed by atoms with E-state index in [-0.39, 0.29) is 24.3 Å². The molecule has 3 fully saturated rings. The van der Waals surface area contributed by atoms with E-state index in [1.165, 1.54) is 7.11 Å². The van der Waals surface area contributed by atoms with Crippen LogP contribution in [0.15, 0.2) is 42.5 Å². The van der Waals surface area contributed by atoms with Gasteiger partial charge in [0, 0.05) is 50.1 Å². The van der Waals surface area contributed by atoms with E-state index in [1.54, 1.807) is 66.5 Å². The van der Waals surface area contributed by atoms with Gasteiger partial charge < -0.3 is 28.7 Å². The Morgan fingerprint density at radius 3 is 2.03 bits per heavy atom. The number of hydrogen-bond donors (Lipinski definition) is 0. The zero-order chi connectivity index (χ0) is 27.6. The largest absolute Gasteiger partial charge is 0.497 e. The van der Waals surface area contributed by atoms with Gasteiger partial charge in [0.25, 0.3) is 11.8 Å². The Morgan fingerprint density at radius 2 is 1.41 bits per heavy atom. The van der Waals surface area contributed by atoms with Crippen LogP contribution in [0.3, 0.4) is 0 Å². The fourth-order valence-electron chi connectivity index (χ4n) is 5.79. The average Bonchev–Trinajstić information content (AvgIpc) is 3.65. The predicted octanol–water partition coefficient (Wildman–Crippen LogP) is 2.81. The highest BCUT2D eigenvalue weighted by atomic mass is 16.5. The lowest BCUT2D eigenvalue weighted by molar-refractivity contribution is -0.136. The standard InChI is InChI=1S/C29H35N3O7/c1-36-22-9-6-20(7-10-22)27(34)32-23(28(35)30-14-4-5-15-30)19-39-29(32)12-16-31(17-13-29)26(33)21-8-11-24(37-2)25(18-21)38-3/h6-11,18,23H,4-5,12-17,19H2,1-3H3/t23-/m1/s1. The Bertz CT molecular complexity index is 1220. The number of nitrogens with zero attached hydrogens (tertiary/aromatic N) is 3. The molecular weight excluding hydrogens is 502 g/mol. The summed E-state index contributed by atoms with van der Waals surface area (Å²) in [7, 11) is 4.65. The molecule has 3 amide bonds. The molecule has 10 heteroatoms. The third-order valence-corrected chi connectivity index (χ3v) is 7.98. The number of benzene rings is 2. The maximum absolute atomic E-state index is 13.9. The number of hydrogen-bond acceptors (Lipinski definition) is 7. The Labute approximate surface area is 228 Å². The molecule has 5 rings (SSSR count). The average molecular weight is 538 g/mol. The summed E-state index contributed by atoms with van der Waals surface area (Å²) in [5, 5.41) is 0. The smallest absolute Gasteiger partial charge is 0.256 e. The van der Waals surface area contributed by atoms with Crippen molar-refractivity contribution in [3.05, 3.63) is 53.6 Å². The molecule has 39 heavy (non-hydrogen) atoms. The van der Waals surface area contributed by atoms with Gasteiger partial charge in [-0.15, -0.1) is 0 Å². The zero-order valence-corrected chi connectivity index (χ0v) is 22.7. The van der Waals surface area contributed by atoms with E-state index in [0.29, 0.717) is 67.4 Å². The normalized spacial score (nSPS) is 20.3. The molecule has 3 aliphatic rings. The summed E-state index contributed by atoms with van der Waals surface area (Å²) in [6.07, 6.45) is 2.73. The van der Waals surface area contributed by atoms with Gasteiger partial charge in [-0.2, -0.15) is 0 Å². The lowest BCUT2D eigenvalue weighted by Gasteiger charge is -2.44. The van der Waals surface area contributed by atoms with Crippen molar-refractivity contribution in [2.24, 2.45) is 0 Å². The van der Waals surface area contributed by atoms with Crippen LogP contribution < -0.4 is 14.2 Å². The van der Waals surface area contributed by atoms with Crippen molar-refractivity contribution in [3.8, 4) is 17.2 Å². The number of rotatable bonds is 6.